The van der Waals surface area contributed by atoms with E-state index in [4.69, 9.17) is 23.2 Å². The molecular formula is C22H24Cl2N4O2S. The summed E-state index contributed by atoms with van der Waals surface area (Å²) in [4.78, 5) is 30.5. The molecule has 0 saturated carbocycles. The Labute approximate surface area is 195 Å². The number of nitrogens with zero attached hydrogens (tertiary/aromatic N) is 2. The van der Waals surface area contributed by atoms with Crippen molar-refractivity contribution in [2.75, 3.05) is 17.3 Å². The van der Waals surface area contributed by atoms with Crippen molar-refractivity contribution in [1.82, 2.24) is 14.9 Å². The van der Waals surface area contributed by atoms with Gasteiger partial charge in [0.05, 0.1) is 21.6 Å². The van der Waals surface area contributed by atoms with Gasteiger partial charge in [0.1, 0.15) is 6.04 Å². The van der Waals surface area contributed by atoms with Crippen LogP contribution in [0.2, 0.25) is 10.0 Å². The van der Waals surface area contributed by atoms with E-state index < -0.39 is 11.9 Å². The molecule has 1 aromatic heterocycles. The summed E-state index contributed by atoms with van der Waals surface area (Å²) in [5.74, 6) is 0.434. The van der Waals surface area contributed by atoms with E-state index in [1.807, 2.05) is 35.1 Å². The summed E-state index contributed by atoms with van der Waals surface area (Å²) in [6, 6.07) is 11.6. The number of halogens is 2. The third-order valence-electron chi connectivity index (χ3n) is 4.74. The third-order valence-corrected chi connectivity index (χ3v) is 5.94. The maximum Gasteiger partial charge on any atom is 0.253 e. The molecule has 9 heteroatoms. The Kier molecular flexibility index (Phi) is 8.23. The molecule has 0 saturated heterocycles. The summed E-state index contributed by atoms with van der Waals surface area (Å²) in [5, 5.41) is 6.39. The van der Waals surface area contributed by atoms with Crippen molar-refractivity contribution in [2.45, 2.75) is 32.4 Å². The number of thioether (sulfide) groups is 1. The number of nitrogens with one attached hydrogen (secondary N) is 2. The van der Waals surface area contributed by atoms with Gasteiger partial charge in [0.25, 0.3) is 5.91 Å². The van der Waals surface area contributed by atoms with Crippen LogP contribution in [0.25, 0.3) is 11.0 Å². The van der Waals surface area contributed by atoms with Crippen molar-refractivity contribution in [2.24, 2.45) is 0 Å². The number of hydrogen-bond donors (Lipinski definition) is 2. The number of fused-ring (bicyclic) bond motifs is 1. The number of rotatable bonds is 9. The monoisotopic (exact) mass is 478 g/mol. The molecule has 1 atom stereocenters. The van der Waals surface area contributed by atoms with Crippen LogP contribution in [0.15, 0.2) is 42.5 Å². The van der Waals surface area contributed by atoms with Crippen LogP contribution in [0, 0.1) is 0 Å². The lowest BCUT2D eigenvalue weighted by Gasteiger charge is -2.19. The first-order chi connectivity index (χ1) is 14.9. The molecule has 31 heavy (non-hydrogen) atoms. The number of aromatic nitrogens is 2. The Balaban J connectivity index is 1.82. The summed E-state index contributed by atoms with van der Waals surface area (Å²) in [6.45, 7) is 2.79. The molecule has 6 nitrogen and oxygen atoms in total. The van der Waals surface area contributed by atoms with Gasteiger partial charge in [-0.3, -0.25) is 14.9 Å². The molecule has 0 aliphatic carbocycles. The number of aryl methyl sites for hydroxylation is 1. The van der Waals surface area contributed by atoms with Crippen LogP contribution in [0.1, 0.15) is 30.1 Å². The molecule has 0 bridgehead atoms. The largest absolute Gasteiger partial charge is 0.340 e. The smallest absolute Gasteiger partial charge is 0.253 e. The summed E-state index contributed by atoms with van der Waals surface area (Å²) in [7, 11) is 0. The lowest BCUT2D eigenvalue weighted by Crippen LogP contribution is -2.44. The Morgan fingerprint density at radius 1 is 1.19 bits per heavy atom. The molecule has 1 heterocycles. The summed E-state index contributed by atoms with van der Waals surface area (Å²) >= 11 is 13.7. The highest BCUT2D eigenvalue weighted by Gasteiger charge is 2.24. The number of hydrogen-bond acceptors (Lipinski definition) is 4. The van der Waals surface area contributed by atoms with E-state index in [-0.39, 0.29) is 16.5 Å². The third kappa shape index (κ3) is 5.73. The molecule has 0 fully saturated rings. The Morgan fingerprint density at radius 3 is 2.68 bits per heavy atom. The second kappa shape index (κ2) is 10.9. The van der Waals surface area contributed by atoms with E-state index in [0.29, 0.717) is 23.1 Å². The number of carbonyl (C=O) groups excluding carboxylic acids is 2. The first-order valence-corrected chi connectivity index (χ1v) is 12.1. The lowest BCUT2D eigenvalue weighted by atomic mass is 10.1. The fourth-order valence-electron chi connectivity index (χ4n) is 3.23. The van der Waals surface area contributed by atoms with Crippen molar-refractivity contribution in [1.29, 1.82) is 0 Å². The predicted octanol–water partition coefficient (Wildman–Crippen LogP) is 5.24. The number of anilines is 1. The van der Waals surface area contributed by atoms with Crippen molar-refractivity contribution < 1.29 is 9.59 Å². The number of para-hydroxylation sites is 2. The van der Waals surface area contributed by atoms with E-state index in [9.17, 15) is 9.59 Å². The van der Waals surface area contributed by atoms with Gasteiger partial charge < -0.3 is 9.88 Å². The molecule has 164 valence electrons. The Morgan fingerprint density at radius 2 is 1.97 bits per heavy atom. The topological polar surface area (TPSA) is 76.0 Å². The predicted molar refractivity (Wildman–Crippen MR) is 129 cm³/mol. The standard InChI is InChI=1S/C22H24Cl2N4O2S/c1-3-11-28-19-7-5-4-6-17(19)26-22(28)27-21(30)18(10-12-31-2)25-20(29)15-9-8-14(23)13-16(15)24/h4-9,13,18H,3,10-12H2,1-2H3,(H,25,29)(H,26,27,30)/t18-/m0/s1. The molecule has 3 aromatic rings. The average molecular weight is 479 g/mol. The van der Waals surface area contributed by atoms with Crippen LogP contribution in [0.5, 0.6) is 0 Å². The summed E-state index contributed by atoms with van der Waals surface area (Å²) in [6.07, 6.45) is 3.32. The fraction of sp³-hybridized carbons (Fsp3) is 0.318. The van der Waals surface area contributed by atoms with Crippen LogP contribution in [0.4, 0.5) is 5.95 Å². The van der Waals surface area contributed by atoms with Crippen LogP contribution in [-0.2, 0) is 11.3 Å². The van der Waals surface area contributed by atoms with E-state index in [0.717, 1.165) is 24.0 Å². The van der Waals surface area contributed by atoms with Crippen LogP contribution >= 0.6 is 35.0 Å². The van der Waals surface area contributed by atoms with Gasteiger partial charge in [0.2, 0.25) is 11.9 Å². The molecule has 2 aromatic carbocycles. The van der Waals surface area contributed by atoms with Gasteiger partial charge in [-0.15, -0.1) is 0 Å². The van der Waals surface area contributed by atoms with E-state index >= 15 is 0 Å². The molecule has 2 N–H and O–H groups in total. The van der Waals surface area contributed by atoms with Crippen molar-refractivity contribution in [3.63, 3.8) is 0 Å². The SMILES string of the molecule is CCCn1c(NC(=O)[C@H](CCSC)NC(=O)c2ccc(Cl)cc2Cl)nc2ccccc21. The number of amides is 2. The van der Waals surface area contributed by atoms with Gasteiger partial charge in [-0.05, 0) is 55.2 Å². The maximum atomic E-state index is 13.1. The zero-order valence-electron chi connectivity index (χ0n) is 17.3. The quantitative estimate of drug-likeness (QED) is 0.440. The number of imidazole rings is 1. The first kappa shape index (κ1) is 23.4. The van der Waals surface area contributed by atoms with E-state index in [1.165, 1.54) is 6.07 Å². The minimum Gasteiger partial charge on any atom is -0.340 e. The summed E-state index contributed by atoms with van der Waals surface area (Å²) in [5.41, 5.74) is 2.03. The maximum absolute atomic E-state index is 13.1. The van der Waals surface area contributed by atoms with Gasteiger partial charge in [0, 0.05) is 11.6 Å². The van der Waals surface area contributed by atoms with Crippen molar-refractivity contribution in [3.05, 3.63) is 58.1 Å². The second-order valence-electron chi connectivity index (χ2n) is 7.00. The van der Waals surface area contributed by atoms with Gasteiger partial charge in [-0.2, -0.15) is 11.8 Å². The van der Waals surface area contributed by atoms with Gasteiger partial charge in [-0.1, -0.05) is 42.3 Å². The van der Waals surface area contributed by atoms with Crippen LogP contribution < -0.4 is 10.6 Å². The molecule has 2 amide bonds. The molecule has 3 rings (SSSR count). The Bertz CT molecular complexity index is 1090. The first-order valence-electron chi connectivity index (χ1n) is 9.95. The fourth-order valence-corrected chi connectivity index (χ4v) is 4.20. The average Bonchev–Trinajstić information content (AvgIpc) is 3.08. The molecule has 0 unspecified atom stereocenters. The highest BCUT2D eigenvalue weighted by molar-refractivity contribution is 7.98. The van der Waals surface area contributed by atoms with Gasteiger partial charge in [0.15, 0.2) is 0 Å². The molecule has 0 aliphatic rings. The van der Waals surface area contributed by atoms with Gasteiger partial charge in [-0.25, -0.2) is 4.98 Å². The van der Waals surface area contributed by atoms with Crippen molar-refractivity contribution >= 4 is 63.8 Å². The molecule has 0 radical (unpaired) electrons. The number of carbonyl (C=O) groups is 2. The van der Waals surface area contributed by atoms with Gasteiger partial charge >= 0.3 is 0 Å². The highest BCUT2D eigenvalue weighted by atomic mass is 35.5. The molecule has 0 spiro atoms. The minimum absolute atomic E-state index is 0.235. The van der Waals surface area contributed by atoms with E-state index in [1.54, 1.807) is 23.9 Å². The normalized spacial score (nSPS) is 12.0. The molecular weight excluding hydrogens is 455 g/mol. The van der Waals surface area contributed by atoms with Crippen LogP contribution in [-0.4, -0.2) is 39.4 Å². The molecule has 0 aliphatic heterocycles. The minimum atomic E-state index is -0.735. The Hall–Kier alpha value is -2.22. The van der Waals surface area contributed by atoms with Crippen LogP contribution in [0.3, 0.4) is 0 Å². The zero-order chi connectivity index (χ0) is 22.4. The zero-order valence-corrected chi connectivity index (χ0v) is 19.7. The number of benzene rings is 2. The summed E-state index contributed by atoms with van der Waals surface area (Å²) < 4.78 is 1.98. The van der Waals surface area contributed by atoms with E-state index in [2.05, 4.69) is 22.5 Å². The van der Waals surface area contributed by atoms with Crippen molar-refractivity contribution in [3.8, 4) is 0 Å². The highest BCUT2D eigenvalue weighted by Crippen LogP contribution is 2.22. The second-order valence-corrected chi connectivity index (χ2v) is 8.83. The lowest BCUT2D eigenvalue weighted by molar-refractivity contribution is -0.118.